The highest BCUT2D eigenvalue weighted by molar-refractivity contribution is 5.70. The Morgan fingerprint density at radius 2 is 1.00 bits per heavy atom. The summed E-state index contributed by atoms with van der Waals surface area (Å²) in [6.07, 6.45) is 0. The minimum atomic E-state index is -0.333. The normalized spacial score (nSPS) is 3.70. The van der Waals surface area contributed by atoms with Crippen molar-refractivity contribution < 1.29 is 4.79 Å². The van der Waals surface area contributed by atoms with Crippen LogP contribution in [0.3, 0.4) is 0 Å². The van der Waals surface area contributed by atoms with Gasteiger partial charge in [-0.1, -0.05) is 0 Å². The fraction of sp³-hybridized carbons (Fsp3) is 0.125. The van der Waals surface area contributed by atoms with E-state index in [1.165, 1.54) is 6.92 Å². The second-order valence-electron chi connectivity index (χ2n) is 0.611. The summed E-state index contributed by atoms with van der Waals surface area (Å²) >= 11 is 0. The molecule has 2 heteroatoms. The maximum atomic E-state index is 9.22. The lowest BCUT2D eigenvalue weighted by molar-refractivity contribution is -0.115. The van der Waals surface area contributed by atoms with E-state index in [1.54, 1.807) is 0 Å². The summed E-state index contributed by atoms with van der Waals surface area (Å²) in [6, 6.07) is 0. The van der Waals surface area contributed by atoms with E-state index in [1.807, 2.05) is 0 Å². The highest BCUT2D eigenvalue weighted by Gasteiger charge is 1.61. The Hall–Kier alpha value is -1.31. The Balaban J connectivity index is -0.0000000262. The Morgan fingerprint density at radius 1 is 1.00 bits per heavy atom. The first-order chi connectivity index (χ1) is 4.73. The van der Waals surface area contributed by atoms with Crippen LogP contribution in [-0.4, -0.2) is 5.91 Å². The molecule has 0 atom stereocenters. The van der Waals surface area contributed by atoms with Crippen molar-refractivity contribution in [3.05, 3.63) is 39.5 Å². The topological polar surface area (TPSA) is 43.1 Å². The zero-order valence-corrected chi connectivity index (χ0v) is 6.73. The van der Waals surface area contributed by atoms with Gasteiger partial charge in [0.05, 0.1) is 0 Å². The number of hydrogen-bond acceptors (Lipinski definition) is 1. The van der Waals surface area contributed by atoms with E-state index in [2.05, 4.69) is 45.2 Å². The standard InChI is InChI=1S/C2H5NO.3C2H4/c1-2(3)4;3*1-2/h1H3,(H2,3,4);3*1-2H2. The van der Waals surface area contributed by atoms with Crippen molar-refractivity contribution in [1.82, 2.24) is 0 Å². The molecule has 0 unspecified atom stereocenters. The summed E-state index contributed by atoms with van der Waals surface area (Å²) < 4.78 is 0. The summed E-state index contributed by atoms with van der Waals surface area (Å²) in [4.78, 5) is 9.22. The van der Waals surface area contributed by atoms with Crippen LogP contribution in [0.1, 0.15) is 6.92 Å². The molecule has 0 fully saturated rings. The van der Waals surface area contributed by atoms with Gasteiger partial charge in [-0.15, -0.1) is 39.5 Å². The highest BCUT2D eigenvalue weighted by Crippen LogP contribution is 1.33. The molecule has 0 bridgehead atoms. The van der Waals surface area contributed by atoms with Gasteiger partial charge in [-0.25, -0.2) is 0 Å². The van der Waals surface area contributed by atoms with Crippen LogP contribution in [0.5, 0.6) is 0 Å². The Kier molecular flexibility index (Phi) is 282. The van der Waals surface area contributed by atoms with Gasteiger partial charge in [-0.05, 0) is 0 Å². The zero-order chi connectivity index (χ0) is 9.58. The van der Waals surface area contributed by atoms with Gasteiger partial charge in [0.25, 0.3) is 0 Å². The van der Waals surface area contributed by atoms with Crippen LogP contribution in [0, 0.1) is 0 Å². The summed E-state index contributed by atoms with van der Waals surface area (Å²) in [5.74, 6) is -0.333. The maximum absolute atomic E-state index is 9.22. The molecule has 0 spiro atoms. The molecule has 10 heavy (non-hydrogen) atoms. The van der Waals surface area contributed by atoms with E-state index >= 15 is 0 Å². The largest absolute Gasteiger partial charge is 0.370 e. The first kappa shape index (κ1) is 23.4. The fourth-order valence-corrected chi connectivity index (χ4v) is 0. The first-order valence-electron chi connectivity index (χ1n) is 2.49. The average molecular weight is 143 g/mol. The Bertz CT molecular complexity index is 53.5. The van der Waals surface area contributed by atoms with Crippen molar-refractivity contribution >= 4 is 5.91 Å². The molecule has 0 aromatic heterocycles. The lowest BCUT2D eigenvalue weighted by Gasteiger charge is -1.60. The molecular weight excluding hydrogens is 126 g/mol. The predicted molar refractivity (Wildman–Crippen MR) is 48.6 cm³/mol. The predicted octanol–water partition coefficient (Wildman–Crippen LogP) is 1.90. The van der Waals surface area contributed by atoms with Crippen LogP contribution in [0.15, 0.2) is 39.5 Å². The summed E-state index contributed by atoms with van der Waals surface area (Å²) in [6.45, 7) is 19.3. The number of amides is 1. The molecule has 0 aliphatic rings. The monoisotopic (exact) mass is 143 g/mol. The second kappa shape index (κ2) is 121. The van der Waals surface area contributed by atoms with Crippen molar-refractivity contribution in [2.45, 2.75) is 6.92 Å². The minimum Gasteiger partial charge on any atom is -0.370 e. The lowest BCUT2D eigenvalue weighted by atomic mass is 10.8. The molecule has 0 aromatic carbocycles. The van der Waals surface area contributed by atoms with E-state index in [0.717, 1.165) is 0 Å². The Labute approximate surface area is 63.7 Å². The average Bonchev–Trinajstić information content (AvgIpc) is 1.98. The van der Waals surface area contributed by atoms with Crippen LogP contribution < -0.4 is 5.73 Å². The minimum absolute atomic E-state index is 0.333. The number of rotatable bonds is 0. The third-order valence-electron chi connectivity index (χ3n) is 0. The van der Waals surface area contributed by atoms with E-state index in [-0.39, 0.29) is 5.91 Å². The molecular formula is C8H17NO. The summed E-state index contributed by atoms with van der Waals surface area (Å²) in [5, 5.41) is 0. The molecule has 2 nitrogen and oxygen atoms in total. The van der Waals surface area contributed by atoms with Gasteiger partial charge in [0, 0.05) is 6.92 Å². The molecule has 60 valence electrons. The summed E-state index contributed by atoms with van der Waals surface area (Å²) in [7, 11) is 0. The number of carbonyl (C=O) groups excluding carboxylic acids is 1. The molecule has 0 heterocycles. The lowest BCUT2D eigenvalue weighted by Crippen LogP contribution is -2.01. The SMILES string of the molecule is C=C.C=C.C=C.CC(N)=O. The third-order valence-corrected chi connectivity index (χ3v) is 0. The molecule has 0 radical (unpaired) electrons. The van der Waals surface area contributed by atoms with Crippen LogP contribution in [0.2, 0.25) is 0 Å². The molecule has 0 saturated heterocycles. The van der Waals surface area contributed by atoms with Crippen molar-refractivity contribution in [2.75, 3.05) is 0 Å². The molecule has 0 rings (SSSR count). The number of hydrogen-bond donors (Lipinski definition) is 1. The summed E-state index contributed by atoms with van der Waals surface area (Å²) in [5.41, 5.74) is 4.47. The van der Waals surface area contributed by atoms with Gasteiger partial charge in [0.15, 0.2) is 0 Å². The van der Waals surface area contributed by atoms with Gasteiger partial charge in [-0.3, -0.25) is 4.79 Å². The van der Waals surface area contributed by atoms with Gasteiger partial charge in [0.1, 0.15) is 0 Å². The van der Waals surface area contributed by atoms with E-state index in [9.17, 15) is 4.79 Å². The molecule has 0 aliphatic carbocycles. The van der Waals surface area contributed by atoms with Crippen molar-refractivity contribution in [3.8, 4) is 0 Å². The quantitative estimate of drug-likeness (QED) is 0.517. The van der Waals surface area contributed by atoms with Crippen LogP contribution in [0.25, 0.3) is 0 Å². The van der Waals surface area contributed by atoms with Gasteiger partial charge in [-0.2, -0.15) is 0 Å². The van der Waals surface area contributed by atoms with Crippen LogP contribution in [0.4, 0.5) is 0 Å². The number of carbonyl (C=O) groups is 1. The third kappa shape index (κ3) is 126. The number of primary amides is 1. The molecule has 0 aliphatic heterocycles. The second-order valence-corrected chi connectivity index (χ2v) is 0.611. The molecule has 0 aromatic rings. The van der Waals surface area contributed by atoms with E-state index < -0.39 is 0 Å². The highest BCUT2D eigenvalue weighted by atomic mass is 16.1. The van der Waals surface area contributed by atoms with Crippen molar-refractivity contribution in [3.63, 3.8) is 0 Å². The smallest absolute Gasteiger partial charge is 0.214 e. The fourth-order valence-electron chi connectivity index (χ4n) is 0. The van der Waals surface area contributed by atoms with Crippen molar-refractivity contribution in [1.29, 1.82) is 0 Å². The molecule has 1 amide bonds. The Morgan fingerprint density at radius 3 is 1.00 bits per heavy atom. The van der Waals surface area contributed by atoms with Crippen molar-refractivity contribution in [2.24, 2.45) is 5.73 Å². The zero-order valence-electron chi connectivity index (χ0n) is 6.73. The van der Waals surface area contributed by atoms with E-state index in [4.69, 9.17) is 0 Å². The maximum Gasteiger partial charge on any atom is 0.214 e. The van der Waals surface area contributed by atoms with Gasteiger partial charge >= 0.3 is 0 Å². The first-order valence-corrected chi connectivity index (χ1v) is 2.49. The van der Waals surface area contributed by atoms with Gasteiger partial charge in [0.2, 0.25) is 5.91 Å². The molecule has 2 N–H and O–H groups in total. The van der Waals surface area contributed by atoms with Gasteiger partial charge < -0.3 is 5.73 Å². The number of nitrogens with two attached hydrogens (primary N) is 1. The van der Waals surface area contributed by atoms with Crippen LogP contribution in [-0.2, 0) is 4.79 Å². The van der Waals surface area contributed by atoms with E-state index in [0.29, 0.717) is 0 Å². The molecule has 0 saturated carbocycles. The van der Waals surface area contributed by atoms with Crippen LogP contribution >= 0.6 is 0 Å².